The molecule has 3 aromatic rings. The number of rotatable bonds is 7. The molecule has 140 valence electrons. The predicted molar refractivity (Wildman–Crippen MR) is 104 cm³/mol. The summed E-state index contributed by atoms with van der Waals surface area (Å²) in [5.41, 5.74) is 3.73. The molecule has 0 fully saturated rings. The molecular weight excluding hydrogens is 342 g/mol. The van der Waals surface area contributed by atoms with E-state index in [2.05, 4.69) is 16.7 Å². The lowest BCUT2D eigenvalue weighted by atomic mass is 10.1. The van der Waals surface area contributed by atoms with Crippen LogP contribution in [-0.2, 0) is 16.1 Å². The van der Waals surface area contributed by atoms with Gasteiger partial charge in [-0.25, -0.2) is 4.79 Å². The minimum atomic E-state index is -0.415. The summed E-state index contributed by atoms with van der Waals surface area (Å²) in [4.78, 5) is 23.8. The number of nitrogens with zero attached hydrogens (tertiary/aromatic N) is 1. The number of fused-ring (bicyclic) bond motifs is 1. The van der Waals surface area contributed by atoms with Crippen LogP contribution in [0.3, 0.4) is 0 Å². The van der Waals surface area contributed by atoms with E-state index in [9.17, 15) is 9.59 Å². The third-order valence-electron chi connectivity index (χ3n) is 4.49. The standard InChI is InChI=1S/C22H23NO4/c1-4-26-21(25)14-27-18-10-11-20-19(12-18)22(16(3)24)15(2)23(20)13-17-8-6-5-7-9-17/h5-12H,4,13-14H2,1-3H3. The van der Waals surface area contributed by atoms with Crippen molar-refractivity contribution in [3.05, 3.63) is 65.4 Å². The monoisotopic (exact) mass is 365 g/mol. The summed E-state index contributed by atoms with van der Waals surface area (Å²) in [5, 5.41) is 0.831. The van der Waals surface area contributed by atoms with Crippen molar-refractivity contribution in [3.8, 4) is 5.75 Å². The Morgan fingerprint density at radius 2 is 1.81 bits per heavy atom. The highest BCUT2D eigenvalue weighted by Crippen LogP contribution is 2.30. The van der Waals surface area contributed by atoms with Crippen LogP contribution in [0.4, 0.5) is 0 Å². The Kier molecular flexibility index (Phi) is 5.60. The minimum absolute atomic E-state index is 0.00635. The number of hydrogen-bond acceptors (Lipinski definition) is 4. The molecule has 0 amide bonds. The van der Waals surface area contributed by atoms with E-state index in [1.54, 1.807) is 13.8 Å². The molecule has 0 saturated heterocycles. The van der Waals surface area contributed by atoms with Gasteiger partial charge in [0.2, 0.25) is 0 Å². The van der Waals surface area contributed by atoms with Crippen molar-refractivity contribution < 1.29 is 19.1 Å². The van der Waals surface area contributed by atoms with Crippen molar-refractivity contribution in [2.45, 2.75) is 27.3 Å². The Morgan fingerprint density at radius 3 is 2.48 bits per heavy atom. The van der Waals surface area contributed by atoms with Gasteiger partial charge in [-0.05, 0) is 44.5 Å². The Bertz CT molecular complexity index is 973. The molecule has 5 heteroatoms. The van der Waals surface area contributed by atoms with Crippen molar-refractivity contribution >= 4 is 22.7 Å². The van der Waals surface area contributed by atoms with Crippen LogP contribution < -0.4 is 4.74 Å². The van der Waals surface area contributed by atoms with Crippen LogP contribution in [0.2, 0.25) is 0 Å². The number of benzene rings is 2. The topological polar surface area (TPSA) is 57.5 Å². The zero-order valence-electron chi connectivity index (χ0n) is 15.8. The molecule has 0 aliphatic rings. The molecule has 1 aromatic heterocycles. The van der Waals surface area contributed by atoms with E-state index in [0.717, 1.165) is 22.2 Å². The number of aromatic nitrogens is 1. The van der Waals surface area contributed by atoms with Gasteiger partial charge in [0.15, 0.2) is 12.4 Å². The maximum atomic E-state index is 12.3. The first kappa shape index (κ1) is 18.7. The molecule has 1 heterocycles. The number of carbonyl (C=O) groups excluding carboxylic acids is 2. The maximum Gasteiger partial charge on any atom is 0.344 e. The first-order valence-electron chi connectivity index (χ1n) is 8.97. The minimum Gasteiger partial charge on any atom is -0.482 e. The van der Waals surface area contributed by atoms with E-state index in [0.29, 0.717) is 24.5 Å². The summed E-state index contributed by atoms with van der Waals surface area (Å²) in [6.45, 7) is 6.12. The average Bonchev–Trinajstić information content (AvgIpc) is 2.92. The van der Waals surface area contributed by atoms with Gasteiger partial charge in [0.1, 0.15) is 5.75 Å². The van der Waals surface area contributed by atoms with Gasteiger partial charge in [0.05, 0.1) is 6.61 Å². The summed E-state index contributed by atoms with van der Waals surface area (Å²) >= 11 is 0. The quantitative estimate of drug-likeness (QED) is 0.466. The first-order valence-corrected chi connectivity index (χ1v) is 8.97. The van der Waals surface area contributed by atoms with Crippen molar-refractivity contribution in [3.63, 3.8) is 0 Å². The molecule has 0 radical (unpaired) electrons. The molecule has 5 nitrogen and oxygen atoms in total. The molecule has 3 rings (SSSR count). The molecule has 0 aliphatic carbocycles. The van der Waals surface area contributed by atoms with E-state index >= 15 is 0 Å². The first-order chi connectivity index (χ1) is 13.0. The zero-order chi connectivity index (χ0) is 19.4. The van der Waals surface area contributed by atoms with Crippen LogP contribution in [-0.4, -0.2) is 29.5 Å². The van der Waals surface area contributed by atoms with Crippen molar-refractivity contribution in [1.82, 2.24) is 4.57 Å². The third kappa shape index (κ3) is 4.03. The summed E-state index contributed by atoms with van der Waals surface area (Å²) < 4.78 is 12.6. The van der Waals surface area contributed by atoms with E-state index < -0.39 is 5.97 Å². The van der Waals surface area contributed by atoms with Gasteiger partial charge in [0.25, 0.3) is 0 Å². The lowest BCUT2D eigenvalue weighted by Gasteiger charge is -2.09. The summed E-state index contributed by atoms with van der Waals surface area (Å²) in [5.74, 6) is 0.129. The largest absolute Gasteiger partial charge is 0.482 e. The summed E-state index contributed by atoms with van der Waals surface area (Å²) in [7, 11) is 0. The number of Topliss-reactive ketones (excluding diaryl/α,β-unsaturated/α-hetero) is 1. The Balaban J connectivity index is 1.99. The van der Waals surface area contributed by atoms with E-state index in [1.165, 1.54) is 0 Å². The average molecular weight is 365 g/mol. The van der Waals surface area contributed by atoms with E-state index in [4.69, 9.17) is 9.47 Å². The van der Waals surface area contributed by atoms with Gasteiger partial charge >= 0.3 is 5.97 Å². The number of hydrogen-bond donors (Lipinski definition) is 0. The van der Waals surface area contributed by atoms with Gasteiger partial charge < -0.3 is 14.0 Å². The molecule has 27 heavy (non-hydrogen) atoms. The molecule has 0 aliphatic heterocycles. The Morgan fingerprint density at radius 1 is 1.07 bits per heavy atom. The Hall–Kier alpha value is -3.08. The van der Waals surface area contributed by atoms with Gasteiger partial charge in [-0.1, -0.05) is 30.3 Å². The number of ether oxygens (including phenoxy) is 2. The molecule has 2 aromatic carbocycles. The molecule has 0 N–H and O–H groups in total. The number of esters is 1. The van der Waals surface area contributed by atoms with Gasteiger partial charge in [0, 0.05) is 28.7 Å². The zero-order valence-corrected chi connectivity index (χ0v) is 15.8. The van der Waals surface area contributed by atoms with Crippen molar-refractivity contribution in [2.75, 3.05) is 13.2 Å². The van der Waals surface area contributed by atoms with Gasteiger partial charge in [-0.2, -0.15) is 0 Å². The summed E-state index contributed by atoms with van der Waals surface area (Å²) in [6.07, 6.45) is 0. The second-order valence-electron chi connectivity index (χ2n) is 6.36. The number of ketones is 1. The second-order valence-corrected chi connectivity index (χ2v) is 6.36. The Labute approximate surface area is 158 Å². The normalized spacial score (nSPS) is 10.8. The maximum absolute atomic E-state index is 12.3. The van der Waals surface area contributed by atoms with E-state index in [1.807, 2.05) is 43.3 Å². The molecule has 0 unspecified atom stereocenters. The molecule has 0 spiro atoms. The highest BCUT2D eigenvalue weighted by Gasteiger charge is 2.18. The number of carbonyl (C=O) groups is 2. The highest BCUT2D eigenvalue weighted by atomic mass is 16.6. The van der Waals surface area contributed by atoms with Crippen molar-refractivity contribution in [1.29, 1.82) is 0 Å². The van der Waals surface area contributed by atoms with Crippen molar-refractivity contribution in [2.24, 2.45) is 0 Å². The van der Waals surface area contributed by atoms with Gasteiger partial charge in [-0.15, -0.1) is 0 Å². The van der Waals surface area contributed by atoms with Crippen LogP contribution in [0.1, 0.15) is 35.5 Å². The van der Waals surface area contributed by atoms with Crippen LogP contribution in [0, 0.1) is 6.92 Å². The van der Waals surface area contributed by atoms with E-state index in [-0.39, 0.29) is 12.4 Å². The SMILES string of the molecule is CCOC(=O)COc1ccc2c(c1)c(C(C)=O)c(C)n2Cc1ccccc1. The third-order valence-corrected chi connectivity index (χ3v) is 4.49. The van der Waals surface area contributed by atoms with Crippen LogP contribution >= 0.6 is 0 Å². The van der Waals surface area contributed by atoms with Crippen LogP contribution in [0.5, 0.6) is 5.75 Å². The van der Waals surface area contributed by atoms with Crippen LogP contribution in [0.25, 0.3) is 10.9 Å². The molecular formula is C22H23NO4. The fourth-order valence-corrected chi connectivity index (χ4v) is 3.31. The lowest BCUT2D eigenvalue weighted by Crippen LogP contribution is -2.14. The molecule has 0 saturated carbocycles. The fraction of sp³-hybridized carbons (Fsp3) is 0.273. The second kappa shape index (κ2) is 8.08. The lowest BCUT2D eigenvalue weighted by molar-refractivity contribution is -0.145. The van der Waals surface area contributed by atoms with Gasteiger partial charge in [-0.3, -0.25) is 4.79 Å². The summed E-state index contributed by atoms with van der Waals surface area (Å²) in [6, 6.07) is 15.7. The molecule has 0 bridgehead atoms. The fourth-order valence-electron chi connectivity index (χ4n) is 3.31. The molecule has 0 atom stereocenters. The highest BCUT2D eigenvalue weighted by molar-refractivity contribution is 6.08. The smallest absolute Gasteiger partial charge is 0.344 e. The predicted octanol–water partition coefficient (Wildman–Crippen LogP) is 4.14. The van der Waals surface area contributed by atoms with Crippen LogP contribution in [0.15, 0.2) is 48.5 Å².